The van der Waals surface area contributed by atoms with Crippen molar-refractivity contribution in [2.24, 2.45) is 11.8 Å². The number of ketones is 1. The first-order valence-electron chi connectivity index (χ1n) is 15.1. The van der Waals surface area contributed by atoms with E-state index < -0.39 is 36.2 Å². The Hall–Kier alpha value is -6.09. The number of amides is 2. The zero-order valence-electron chi connectivity index (χ0n) is 24.7. The highest BCUT2D eigenvalue weighted by molar-refractivity contribution is 6.23. The summed E-state index contributed by atoms with van der Waals surface area (Å²) in [6.07, 6.45) is 1.36. The van der Waals surface area contributed by atoms with Crippen LogP contribution in [0.3, 0.4) is 0 Å². The molecule has 0 spiro atoms. The molecule has 3 aliphatic carbocycles. The Bertz CT molecular complexity index is 1970. The number of Topliss-reactive ketones (excluding diaryl/α,β-unsaturated/α-hetero) is 1. The number of ether oxygens (including phenoxy) is 2. The molecule has 47 heavy (non-hydrogen) atoms. The van der Waals surface area contributed by atoms with E-state index >= 15 is 0 Å². The maximum absolute atomic E-state index is 14.0. The fraction of sp³-hybridized carbons (Fsp3) is 0.132. The Kier molecular flexibility index (Phi) is 6.68. The Morgan fingerprint density at radius 3 is 1.66 bits per heavy atom. The summed E-state index contributed by atoms with van der Waals surface area (Å²) in [6.45, 7) is -0.511. The van der Waals surface area contributed by atoms with E-state index in [1.807, 2.05) is 24.3 Å². The van der Waals surface area contributed by atoms with Crippen molar-refractivity contribution in [3.05, 3.63) is 155 Å². The zero-order valence-corrected chi connectivity index (χ0v) is 24.7. The minimum atomic E-state index is -0.731. The molecule has 0 radical (unpaired) electrons. The number of anilines is 1. The highest BCUT2D eigenvalue weighted by Crippen LogP contribution is 2.61. The number of esters is 2. The number of hydrogen-bond acceptors (Lipinski definition) is 8. The third-order valence-corrected chi connectivity index (χ3v) is 9.25. The second-order valence-electron chi connectivity index (χ2n) is 11.7. The summed E-state index contributed by atoms with van der Waals surface area (Å²) in [4.78, 5) is 66.7. The summed E-state index contributed by atoms with van der Waals surface area (Å²) < 4.78 is 15.5. The molecular weight excluding hydrogens is 598 g/mol. The fourth-order valence-corrected chi connectivity index (χ4v) is 7.24. The van der Waals surface area contributed by atoms with Gasteiger partial charge in [-0.25, -0.2) is 14.5 Å². The summed E-state index contributed by atoms with van der Waals surface area (Å²) in [5.74, 6) is -3.52. The predicted octanol–water partition coefficient (Wildman–Crippen LogP) is 5.94. The van der Waals surface area contributed by atoms with Crippen LogP contribution in [-0.2, 0) is 14.3 Å². The van der Waals surface area contributed by atoms with Crippen LogP contribution in [0.25, 0.3) is 0 Å². The second-order valence-corrected chi connectivity index (χ2v) is 11.7. The minimum absolute atomic E-state index is 0.0468. The van der Waals surface area contributed by atoms with Gasteiger partial charge < -0.3 is 13.9 Å². The molecular formula is C38H25NO8. The van der Waals surface area contributed by atoms with Crippen LogP contribution < -0.4 is 9.64 Å². The topological polar surface area (TPSA) is 120 Å². The van der Waals surface area contributed by atoms with E-state index in [2.05, 4.69) is 24.3 Å². The highest BCUT2D eigenvalue weighted by atomic mass is 16.5. The van der Waals surface area contributed by atoms with Gasteiger partial charge in [-0.1, -0.05) is 48.5 Å². The zero-order chi connectivity index (χ0) is 32.2. The monoisotopic (exact) mass is 623 g/mol. The largest absolute Gasteiger partial charge is 0.457 e. The highest BCUT2D eigenvalue weighted by Gasteiger charge is 2.61. The average molecular weight is 624 g/mol. The lowest BCUT2D eigenvalue weighted by atomic mass is 9.55. The van der Waals surface area contributed by atoms with Crippen LogP contribution in [0.4, 0.5) is 5.69 Å². The van der Waals surface area contributed by atoms with Crippen LogP contribution in [0.1, 0.15) is 65.4 Å². The van der Waals surface area contributed by atoms with Gasteiger partial charge in [-0.05, 0) is 82.9 Å². The van der Waals surface area contributed by atoms with Crippen molar-refractivity contribution in [3.8, 4) is 5.75 Å². The molecule has 1 saturated heterocycles. The van der Waals surface area contributed by atoms with E-state index in [0.717, 1.165) is 22.3 Å². The lowest BCUT2D eigenvalue weighted by molar-refractivity contribution is -0.122. The Labute approximate surface area is 268 Å². The molecule has 2 atom stereocenters. The van der Waals surface area contributed by atoms with Crippen molar-refractivity contribution in [1.29, 1.82) is 0 Å². The summed E-state index contributed by atoms with van der Waals surface area (Å²) in [5, 5.41) is 0. The van der Waals surface area contributed by atoms with Crippen LogP contribution in [0.15, 0.2) is 120 Å². The number of carbonyl (C=O) groups excluding carboxylic acids is 5. The normalized spacial score (nSPS) is 20.3. The molecule has 5 aromatic rings. The number of nitrogens with zero attached hydrogens (tertiary/aromatic N) is 1. The maximum atomic E-state index is 14.0. The van der Waals surface area contributed by atoms with E-state index in [-0.39, 0.29) is 46.3 Å². The summed E-state index contributed by atoms with van der Waals surface area (Å²) in [7, 11) is 0. The maximum Gasteiger partial charge on any atom is 0.379 e. The number of hydrogen-bond donors (Lipinski definition) is 0. The van der Waals surface area contributed by atoms with Gasteiger partial charge in [-0.2, -0.15) is 0 Å². The van der Waals surface area contributed by atoms with Gasteiger partial charge in [0, 0.05) is 17.4 Å². The molecule has 1 fully saturated rings. The Morgan fingerprint density at radius 2 is 1.15 bits per heavy atom. The Balaban J connectivity index is 0.943. The summed E-state index contributed by atoms with van der Waals surface area (Å²) in [6, 6.07) is 31.0. The molecule has 0 saturated carbocycles. The molecule has 2 amide bonds. The molecule has 1 aliphatic heterocycles. The van der Waals surface area contributed by atoms with Crippen molar-refractivity contribution in [3.63, 3.8) is 0 Å². The lowest BCUT2D eigenvalue weighted by Gasteiger charge is -2.45. The number of imide groups is 1. The first kappa shape index (κ1) is 28.4. The average Bonchev–Trinajstić information content (AvgIpc) is 3.74. The minimum Gasteiger partial charge on any atom is -0.457 e. The van der Waals surface area contributed by atoms with Crippen molar-refractivity contribution < 1.29 is 37.9 Å². The molecule has 2 heterocycles. The van der Waals surface area contributed by atoms with Gasteiger partial charge in [0.25, 0.3) is 0 Å². The molecule has 9 heteroatoms. The third-order valence-electron chi connectivity index (χ3n) is 9.25. The predicted molar refractivity (Wildman–Crippen MR) is 167 cm³/mol. The van der Waals surface area contributed by atoms with Crippen molar-refractivity contribution >= 4 is 35.2 Å². The van der Waals surface area contributed by atoms with Gasteiger partial charge in [0.05, 0.1) is 29.3 Å². The first-order valence-corrected chi connectivity index (χ1v) is 15.1. The SMILES string of the molecule is O=C(COC(=O)c1ccc(N2C(=O)C3C4c5ccccc5C(c5ccccc54)C3C2=O)cc1)c1ccc(OC(=O)c2ccco2)cc1. The standard InChI is InChI=1S/C38H25NO8/c40-29(21-13-17-24(18-14-21)47-38(44)30-10-5-19-45-30)20-46-37(43)22-11-15-23(16-12-22)39-35(41)33-31-25-6-1-2-7-26(25)32(34(33)36(39)42)28-9-4-3-8-27(28)31/h1-19,31-34H,20H2. The summed E-state index contributed by atoms with van der Waals surface area (Å²) in [5.41, 5.74) is 5.18. The molecule has 2 unspecified atom stereocenters. The van der Waals surface area contributed by atoms with E-state index in [1.54, 1.807) is 18.2 Å². The van der Waals surface area contributed by atoms with E-state index in [4.69, 9.17) is 13.9 Å². The number of carbonyl (C=O) groups is 5. The number of furan rings is 1. The van der Waals surface area contributed by atoms with Crippen molar-refractivity contribution in [2.75, 3.05) is 11.5 Å². The third kappa shape index (κ3) is 4.58. The van der Waals surface area contributed by atoms with Crippen molar-refractivity contribution in [2.45, 2.75) is 11.8 Å². The van der Waals surface area contributed by atoms with Crippen LogP contribution in [-0.4, -0.2) is 36.1 Å². The van der Waals surface area contributed by atoms with Crippen LogP contribution in [0.2, 0.25) is 0 Å². The smallest absolute Gasteiger partial charge is 0.379 e. The number of rotatable bonds is 7. The molecule has 0 N–H and O–H groups in total. The quantitative estimate of drug-likeness (QED) is 0.0947. The number of benzene rings is 4. The van der Waals surface area contributed by atoms with Crippen molar-refractivity contribution in [1.82, 2.24) is 0 Å². The van der Waals surface area contributed by atoms with Gasteiger partial charge in [0.1, 0.15) is 5.75 Å². The van der Waals surface area contributed by atoms with Gasteiger partial charge in [-0.15, -0.1) is 0 Å². The van der Waals surface area contributed by atoms with Gasteiger partial charge in [-0.3, -0.25) is 14.4 Å². The van der Waals surface area contributed by atoms with Crippen LogP contribution >= 0.6 is 0 Å². The molecule has 9 rings (SSSR count). The van der Waals surface area contributed by atoms with Crippen LogP contribution in [0.5, 0.6) is 5.75 Å². The molecule has 230 valence electrons. The molecule has 9 nitrogen and oxygen atoms in total. The van der Waals surface area contributed by atoms with Crippen LogP contribution in [0, 0.1) is 11.8 Å². The van der Waals surface area contributed by atoms with Gasteiger partial charge in [0.2, 0.25) is 17.6 Å². The van der Waals surface area contributed by atoms with E-state index in [1.165, 1.54) is 53.6 Å². The van der Waals surface area contributed by atoms with Gasteiger partial charge >= 0.3 is 11.9 Å². The molecule has 1 aromatic heterocycles. The molecule has 4 aromatic carbocycles. The first-order chi connectivity index (χ1) is 22.9. The van der Waals surface area contributed by atoms with E-state index in [9.17, 15) is 24.0 Å². The molecule has 2 bridgehead atoms. The lowest BCUT2D eigenvalue weighted by Crippen LogP contribution is -2.41. The summed E-state index contributed by atoms with van der Waals surface area (Å²) >= 11 is 0. The second kappa shape index (κ2) is 11.1. The Morgan fingerprint density at radius 1 is 0.617 bits per heavy atom. The fourth-order valence-electron chi connectivity index (χ4n) is 7.24. The van der Waals surface area contributed by atoms with E-state index in [0.29, 0.717) is 5.69 Å². The molecule has 4 aliphatic rings. The van der Waals surface area contributed by atoms with Gasteiger partial charge in [0.15, 0.2) is 12.4 Å².